The summed E-state index contributed by atoms with van der Waals surface area (Å²) in [4.78, 5) is 10.6. The molecule has 82 valence electrons. The van der Waals surface area contributed by atoms with Crippen molar-refractivity contribution in [3.8, 4) is 0 Å². The van der Waals surface area contributed by atoms with Gasteiger partial charge >= 0.3 is 88.4 Å². The predicted octanol–water partition coefficient (Wildman–Crippen LogP) is -1.70. The van der Waals surface area contributed by atoms with Gasteiger partial charge < -0.3 is 0 Å². The van der Waals surface area contributed by atoms with Gasteiger partial charge in [0.25, 0.3) is 0 Å². The number of carbonyl (C=O) groups is 1. The minimum atomic E-state index is -4.70. The number of carbonyl (C=O) groups excluding carboxylic acids is 1. The third-order valence-electron chi connectivity index (χ3n) is 1.51. The zero-order valence-electron chi connectivity index (χ0n) is 7.66. The van der Waals surface area contributed by atoms with Gasteiger partial charge in [0.15, 0.2) is 0 Å². The molecule has 6 nitrogen and oxygen atoms in total. The van der Waals surface area contributed by atoms with E-state index in [2.05, 4.69) is 3.83 Å². The minimum absolute atomic E-state index is 0.119. The van der Waals surface area contributed by atoms with Gasteiger partial charge in [-0.05, 0) is 0 Å². The summed E-state index contributed by atoms with van der Waals surface area (Å²) < 4.78 is 25.5. The molecule has 7 heteroatoms. The van der Waals surface area contributed by atoms with Gasteiger partial charge in [0.1, 0.15) is 0 Å². The van der Waals surface area contributed by atoms with Gasteiger partial charge in [-0.1, -0.05) is 0 Å². The maximum atomic E-state index is 11.5. The Morgan fingerprint density at radius 3 is 2.53 bits per heavy atom. The monoisotopic (exact) mass is 275 g/mol. The number of hydrogen-bond acceptors (Lipinski definition) is 4. The summed E-state index contributed by atoms with van der Waals surface area (Å²) in [6.07, 6.45) is 0. The van der Waals surface area contributed by atoms with Crippen LogP contribution in [-0.2, 0) is 12.4 Å². The summed E-state index contributed by atoms with van der Waals surface area (Å²) in [7, 11) is 0. The van der Waals surface area contributed by atoms with Crippen molar-refractivity contribution in [2.75, 3.05) is 6.61 Å². The Labute approximate surface area is 88.8 Å². The van der Waals surface area contributed by atoms with Crippen LogP contribution in [0.2, 0.25) is 0 Å². The molecule has 0 bridgehead atoms. The van der Waals surface area contributed by atoms with E-state index in [1.165, 1.54) is 12.1 Å². The number of aliphatic hydroxyl groups excluding tert-OH is 1. The SMILES string of the molecule is O=C(CO)NO[As](=O)(O)c1ccccc1. The molecular formula is C8H10AsNO5. The van der Waals surface area contributed by atoms with Crippen molar-refractivity contribution in [1.29, 1.82) is 0 Å². The van der Waals surface area contributed by atoms with Gasteiger partial charge in [-0.2, -0.15) is 0 Å². The van der Waals surface area contributed by atoms with Crippen molar-refractivity contribution in [3.63, 3.8) is 0 Å². The van der Waals surface area contributed by atoms with E-state index >= 15 is 0 Å². The number of hydroxylamine groups is 1. The topological polar surface area (TPSA) is 95.9 Å². The quantitative estimate of drug-likeness (QED) is 0.449. The van der Waals surface area contributed by atoms with E-state index in [0.717, 1.165) is 0 Å². The van der Waals surface area contributed by atoms with Gasteiger partial charge in [0, 0.05) is 0 Å². The van der Waals surface area contributed by atoms with Gasteiger partial charge in [-0.25, -0.2) is 0 Å². The van der Waals surface area contributed by atoms with Crippen LogP contribution in [0.15, 0.2) is 30.3 Å². The molecule has 0 spiro atoms. The van der Waals surface area contributed by atoms with E-state index < -0.39 is 26.7 Å². The van der Waals surface area contributed by atoms with E-state index in [1.54, 1.807) is 23.7 Å². The van der Waals surface area contributed by atoms with Crippen LogP contribution in [0, 0.1) is 0 Å². The Kier molecular flexibility index (Phi) is 4.11. The van der Waals surface area contributed by atoms with Crippen molar-refractivity contribution < 1.29 is 21.6 Å². The molecule has 15 heavy (non-hydrogen) atoms. The number of amides is 1. The molecule has 0 aliphatic carbocycles. The molecule has 1 aromatic carbocycles. The average molecular weight is 275 g/mol. The molecule has 0 heterocycles. The van der Waals surface area contributed by atoms with E-state index in [0.29, 0.717) is 0 Å². The Morgan fingerprint density at radius 1 is 1.40 bits per heavy atom. The fourth-order valence-corrected chi connectivity index (χ4v) is 2.66. The second-order valence-electron chi connectivity index (χ2n) is 2.63. The van der Waals surface area contributed by atoms with E-state index in [9.17, 15) is 12.6 Å². The molecule has 3 N–H and O–H groups in total. The second kappa shape index (κ2) is 5.13. The zero-order chi connectivity index (χ0) is 11.3. The number of aliphatic hydroxyl groups is 1. The molecule has 0 radical (unpaired) electrons. The number of benzene rings is 1. The predicted molar refractivity (Wildman–Crippen MR) is 51.0 cm³/mol. The number of hydrogen-bond donors (Lipinski definition) is 3. The van der Waals surface area contributed by atoms with Gasteiger partial charge in [-0.15, -0.1) is 0 Å². The van der Waals surface area contributed by atoms with Gasteiger partial charge in [-0.3, -0.25) is 0 Å². The van der Waals surface area contributed by atoms with Crippen LogP contribution in [0.4, 0.5) is 0 Å². The molecule has 0 aliphatic heterocycles. The van der Waals surface area contributed by atoms with Crippen LogP contribution in [0.1, 0.15) is 0 Å². The standard InChI is InChI=1S/C8H10AsNO5/c11-6-8(12)10-15-9(13,14)7-4-2-1-3-5-7/h1-5,11H,6H2,(H,10,12)(H,13,14). The molecule has 1 aromatic rings. The second-order valence-corrected chi connectivity index (χ2v) is 6.28. The van der Waals surface area contributed by atoms with Crippen LogP contribution >= 0.6 is 0 Å². The first kappa shape index (κ1) is 12.0. The Balaban J connectivity index is 2.68. The third kappa shape index (κ3) is 3.53. The Morgan fingerprint density at radius 2 is 2.00 bits per heavy atom. The first-order chi connectivity index (χ1) is 7.06. The summed E-state index contributed by atoms with van der Waals surface area (Å²) in [5.41, 5.74) is 1.70. The molecule has 1 amide bonds. The fourth-order valence-electron chi connectivity index (χ4n) is 0.814. The van der Waals surface area contributed by atoms with Crippen LogP contribution in [0.5, 0.6) is 0 Å². The summed E-state index contributed by atoms with van der Waals surface area (Å²) in [6.45, 7) is -0.801. The van der Waals surface area contributed by atoms with Crippen LogP contribution in [0.25, 0.3) is 0 Å². The molecule has 0 aromatic heterocycles. The molecule has 0 aliphatic rings. The van der Waals surface area contributed by atoms with Crippen LogP contribution in [-0.4, -0.2) is 35.9 Å². The van der Waals surface area contributed by atoms with Crippen LogP contribution in [0.3, 0.4) is 0 Å². The third-order valence-corrected chi connectivity index (χ3v) is 4.21. The fraction of sp³-hybridized carbons (Fsp3) is 0.125. The first-order valence-electron chi connectivity index (χ1n) is 4.03. The molecular weight excluding hydrogens is 265 g/mol. The molecule has 1 rings (SSSR count). The Hall–Kier alpha value is -1.07. The van der Waals surface area contributed by atoms with Crippen molar-refractivity contribution >= 4 is 24.4 Å². The average Bonchev–Trinajstić information content (AvgIpc) is 2.27. The van der Waals surface area contributed by atoms with E-state index in [4.69, 9.17) is 5.11 Å². The summed E-state index contributed by atoms with van der Waals surface area (Å²) in [6, 6.07) is 7.69. The van der Waals surface area contributed by atoms with E-state index in [-0.39, 0.29) is 4.35 Å². The molecule has 0 saturated carbocycles. The van der Waals surface area contributed by atoms with Crippen molar-refractivity contribution in [2.45, 2.75) is 0 Å². The number of nitrogens with one attached hydrogen (secondary N) is 1. The van der Waals surface area contributed by atoms with Crippen molar-refractivity contribution in [3.05, 3.63) is 30.3 Å². The van der Waals surface area contributed by atoms with Gasteiger partial charge in [0.2, 0.25) is 0 Å². The molecule has 1 unspecified atom stereocenters. The summed E-state index contributed by atoms with van der Waals surface area (Å²) in [5.74, 6) is -0.874. The summed E-state index contributed by atoms with van der Waals surface area (Å²) in [5, 5.41) is 8.35. The van der Waals surface area contributed by atoms with Crippen molar-refractivity contribution in [1.82, 2.24) is 5.48 Å². The van der Waals surface area contributed by atoms with Gasteiger partial charge in [0.05, 0.1) is 0 Å². The maximum absolute atomic E-state index is 11.5. The van der Waals surface area contributed by atoms with Crippen molar-refractivity contribution in [2.24, 2.45) is 0 Å². The molecule has 1 atom stereocenters. The molecule has 0 saturated heterocycles. The summed E-state index contributed by atoms with van der Waals surface area (Å²) >= 11 is -4.70. The zero-order valence-corrected chi connectivity index (χ0v) is 9.54. The Bertz CT molecular complexity index is 380. The van der Waals surface area contributed by atoms with Crippen LogP contribution < -0.4 is 9.83 Å². The first-order valence-corrected chi connectivity index (χ1v) is 7.34. The van der Waals surface area contributed by atoms with E-state index in [1.807, 2.05) is 0 Å². The molecule has 0 fully saturated rings. The normalized spacial score (nSPS) is 14.3. The number of rotatable bonds is 4.